The van der Waals surface area contributed by atoms with Crippen molar-refractivity contribution >= 4 is 15.9 Å². The molecule has 2 rings (SSSR count). The lowest BCUT2D eigenvalue weighted by molar-refractivity contribution is -0.132. The Balaban J connectivity index is 1.89. The fraction of sp³-hybridized carbons (Fsp3) is 0.588. The molecule has 1 aliphatic rings. The van der Waals surface area contributed by atoms with Crippen molar-refractivity contribution in [3.8, 4) is 0 Å². The van der Waals surface area contributed by atoms with Gasteiger partial charge in [-0.3, -0.25) is 4.79 Å². The first-order valence-corrected chi connectivity index (χ1v) is 9.83. The number of sulfonamides is 1. The van der Waals surface area contributed by atoms with Gasteiger partial charge in [0, 0.05) is 19.6 Å². The molecule has 0 saturated carbocycles. The Hall–Kier alpha value is -1.47. The fourth-order valence-electron chi connectivity index (χ4n) is 2.79. The lowest BCUT2D eigenvalue weighted by Crippen LogP contribution is -2.45. The van der Waals surface area contributed by atoms with Crippen molar-refractivity contribution in [2.75, 3.05) is 19.6 Å². The first kappa shape index (κ1) is 18.9. The predicted molar refractivity (Wildman–Crippen MR) is 91.5 cm³/mol. The van der Waals surface area contributed by atoms with Gasteiger partial charge in [0.15, 0.2) is 0 Å². The molecule has 1 aromatic carbocycles. The van der Waals surface area contributed by atoms with Crippen molar-refractivity contribution in [2.24, 2.45) is 5.92 Å². The van der Waals surface area contributed by atoms with Gasteiger partial charge in [-0.1, -0.05) is 12.1 Å². The number of nitrogens with one attached hydrogen (secondary N) is 1. The summed E-state index contributed by atoms with van der Waals surface area (Å²) in [6, 6.07) is 6.05. The molecule has 0 bridgehead atoms. The highest BCUT2D eigenvalue weighted by molar-refractivity contribution is 7.90. The predicted octanol–water partition coefficient (Wildman–Crippen LogP) is 1.93. The lowest BCUT2D eigenvalue weighted by atomic mass is 9.97. The lowest BCUT2D eigenvalue weighted by Gasteiger charge is -2.33. The molecule has 1 heterocycles. The number of halogens is 1. The Morgan fingerprint density at radius 2 is 2.17 bits per heavy atom. The van der Waals surface area contributed by atoms with Crippen LogP contribution in [-0.2, 0) is 21.2 Å². The summed E-state index contributed by atoms with van der Waals surface area (Å²) in [5.41, 5.74) is 0.655. The molecule has 7 heteroatoms. The van der Waals surface area contributed by atoms with E-state index in [1.807, 2.05) is 0 Å². The third-order valence-electron chi connectivity index (χ3n) is 4.31. The van der Waals surface area contributed by atoms with E-state index in [2.05, 4.69) is 4.72 Å². The summed E-state index contributed by atoms with van der Waals surface area (Å²) < 4.78 is 39.5. The molecule has 1 fully saturated rings. The van der Waals surface area contributed by atoms with Crippen LogP contribution in [0.4, 0.5) is 4.39 Å². The molecule has 1 N–H and O–H groups in total. The van der Waals surface area contributed by atoms with Gasteiger partial charge in [-0.15, -0.1) is 0 Å². The molecule has 1 atom stereocenters. The number of likely N-dealkylation sites (tertiary alicyclic amines) is 1. The third kappa shape index (κ3) is 5.27. The Morgan fingerprint density at radius 1 is 1.42 bits per heavy atom. The Kier molecular flexibility index (Phi) is 6.34. The van der Waals surface area contributed by atoms with Crippen LogP contribution in [0, 0.1) is 11.7 Å². The molecule has 1 unspecified atom stereocenters. The third-order valence-corrected chi connectivity index (χ3v) is 6.12. The number of nitrogens with zero attached hydrogens (tertiary/aromatic N) is 1. The molecule has 24 heavy (non-hydrogen) atoms. The van der Waals surface area contributed by atoms with Crippen LogP contribution in [0.15, 0.2) is 24.3 Å². The van der Waals surface area contributed by atoms with Crippen molar-refractivity contribution in [3.05, 3.63) is 35.6 Å². The van der Waals surface area contributed by atoms with Crippen LogP contribution in [0.2, 0.25) is 0 Å². The van der Waals surface area contributed by atoms with Gasteiger partial charge in [0.25, 0.3) is 0 Å². The van der Waals surface area contributed by atoms with Crippen molar-refractivity contribution in [1.82, 2.24) is 9.62 Å². The maximum Gasteiger partial charge on any atom is 0.227 e. The Bertz CT molecular complexity index is 676. The molecule has 1 amide bonds. The van der Waals surface area contributed by atoms with Crippen molar-refractivity contribution in [2.45, 2.75) is 38.4 Å². The number of rotatable bonds is 6. The summed E-state index contributed by atoms with van der Waals surface area (Å²) in [6.45, 7) is 4.83. The van der Waals surface area contributed by atoms with Gasteiger partial charge >= 0.3 is 0 Å². The van der Waals surface area contributed by atoms with Crippen LogP contribution in [0.1, 0.15) is 32.3 Å². The molecule has 1 aromatic rings. The van der Waals surface area contributed by atoms with E-state index in [1.54, 1.807) is 30.9 Å². The van der Waals surface area contributed by atoms with Gasteiger partial charge < -0.3 is 4.90 Å². The van der Waals surface area contributed by atoms with Crippen LogP contribution in [0.5, 0.6) is 0 Å². The molecule has 0 aliphatic carbocycles. The molecule has 1 saturated heterocycles. The molecule has 0 radical (unpaired) electrons. The smallest absolute Gasteiger partial charge is 0.227 e. The van der Waals surface area contributed by atoms with Gasteiger partial charge in [-0.25, -0.2) is 17.5 Å². The molecular weight excluding hydrogens is 331 g/mol. The standard InChI is InChI=1S/C17H25FN2O3S/c1-13(2)24(22,23)19-11-15-6-4-8-20(12-15)17(21)10-14-5-3-7-16(18)9-14/h3,5,7,9,13,15,19H,4,6,8,10-12H2,1-2H3. The second-order valence-electron chi connectivity index (χ2n) is 6.60. The van der Waals surface area contributed by atoms with Crippen LogP contribution in [-0.4, -0.2) is 44.1 Å². The SMILES string of the molecule is CC(C)S(=O)(=O)NCC1CCCN(C(=O)Cc2cccc(F)c2)C1. The molecule has 0 spiro atoms. The number of hydrogen-bond donors (Lipinski definition) is 1. The van der Waals surface area contributed by atoms with Gasteiger partial charge in [0.1, 0.15) is 5.82 Å². The van der Waals surface area contributed by atoms with Gasteiger partial charge in [-0.05, 0) is 50.3 Å². The normalized spacial score (nSPS) is 18.8. The van der Waals surface area contributed by atoms with Crippen LogP contribution in [0.3, 0.4) is 0 Å². The molecule has 1 aliphatic heterocycles. The van der Waals surface area contributed by atoms with Crippen LogP contribution < -0.4 is 4.72 Å². The highest BCUT2D eigenvalue weighted by atomic mass is 32.2. The second kappa shape index (κ2) is 8.07. The molecule has 134 valence electrons. The topological polar surface area (TPSA) is 66.5 Å². The maximum atomic E-state index is 13.2. The summed E-state index contributed by atoms with van der Waals surface area (Å²) in [6.07, 6.45) is 1.91. The number of carbonyl (C=O) groups is 1. The highest BCUT2D eigenvalue weighted by Crippen LogP contribution is 2.18. The number of benzene rings is 1. The molecular formula is C17H25FN2O3S. The first-order chi connectivity index (χ1) is 11.3. The minimum atomic E-state index is -3.28. The number of amides is 1. The van der Waals surface area contributed by atoms with Crippen molar-refractivity contribution in [1.29, 1.82) is 0 Å². The number of piperidine rings is 1. The molecule has 5 nitrogen and oxygen atoms in total. The minimum Gasteiger partial charge on any atom is -0.342 e. The van der Waals surface area contributed by atoms with Crippen LogP contribution in [0.25, 0.3) is 0 Å². The zero-order valence-corrected chi connectivity index (χ0v) is 15.0. The maximum absolute atomic E-state index is 13.2. The number of carbonyl (C=O) groups excluding carboxylic acids is 1. The average molecular weight is 356 g/mol. The quantitative estimate of drug-likeness (QED) is 0.847. The Morgan fingerprint density at radius 3 is 2.83 bits per heavy atom. The summed E-state index contributed by atoms with van der Waals surface area (Å²) in [5.74, 6) is -0.277. The minimum absolute atomic E-state index is 0.0444. The van der Waals surface area contributed by atoms with Gasteiger partial charge in [0.2, 0.25) is 15.9 Å². The van der Waals surface area contributed by atoms with E-state index >= 15 is 0 Å². The number of hydrogen-bond acceptors (Lipinski definition) is 3. The second-order valence-corrected chi connectivity index (χ2v) is 8.92. The van der Waals surface area contributed by atoms with E-state index in [0.29, 0.717) is 25.2 Å². The Labute approximate surface area is 143 Å². The summed E-state index contributed by atoms with van der Waals surface area (Å²) in [5, 5.41) is -0.466. The first-order valence-electron chi connectivity index (χ1n) is 8.28. The van der Waals surface area contributed by atoms with E-state index < -0.39 is 15.3 Å². The van der Waals surface area contributed by atoms with Crippen molar-refractivity contribution < 1.29 is 17.6 Å². The summed E-state index contributed by atoms with van der Waals surface area (Å²) in [7, 11) is -3.28. The van der Waals surface area contributed by atoms with Crippen molar-refractivity contribution in [3.63, 3.8) is 0 Å². The summed E-state index contributed by atoms with van der Waals surface area (Å²) in [4.78, 5) is 14.2. The zero-order valence-electron chi connectivity index (χ0n) is 14.2. The van der Waals surface area contributed by atoms with E-state index in [-0.39, 0.29) is 24.1 Å². The average Bonchev–Trinajstić information content (AvgIpc) is 2.53. The van der Waals surface area contributed by atoms with Gasteiger partial charge in [0.05, 0.1) is 11.7 Å². The summed E-state index contributed by atoms with van der Waals surface area (Å²) >= 11 is 0. The van der Waals surface area contributed by atoms with Crippen LogP contribution >= 0.6 is 0 Å². The largest absolute Gasteiger partial charge is 0.342 e. The van der Waals surface area contributed by atoms with E-state index in [9.17, 15) is 17.6 Å². The zero-order chi connectivity index (χ0) is 17.7. The fourth-order valence-corrected chi connectivity index (χ4v) is 3.59. The monoisotopic (exact) mass is 356 g/mol. The van der Waals surface area contributed by atoms with E-state index in [1.165, 1.54) is 12.1 Å². The highest BCUT2D eigenvalue weighted by Gasteiger charge is 2.25. The van der Waals surface area contributed by atoms with Gasteiger partial charge in [-0.2, -0.15) is 0 Å². The van der Waals surface area contributed by atoms with E-state index in [0.717, 1.165) is 12.8 Å². The molecule has 0 aromatic heterocycles. The van der Waals surface area contributed by atoms with E-state index in [4.69, 9.17) is 0 Å².